The lowest BCUT2D eigenvalue weighted by Crippen LogP contribution is -2.32. The van der Waals surface area contributed by atoms with Gasteiger partial charge in [-0.15, -0.1) is 0 Å². The molecular formula is C19H16N4O4. The van der Waals surface area contributed by atoms with Crippen LogP contribution >= 0.6 is 0 Å². The summed E-state index contributed by atoms with van der Waals surface area (Å²) in [6.07, 6.45) is 0.989. The number of aromatic nitrogens is 2. The number of rotatable bonds is 4. The number of hydrogen-bond acceptors (Lipinski definition) is 5. The Morgan fingerprint density at radius 1 is 1.11 bits per heavy atom. The Morgan fingerprint density at radius 3 is 2.48 bits per heavy atom. The quantitative estimate of drug-likeness (QED) is 0.478. The number of hydrazone groups is 1. The average molecular weight is 364 g/mol. The number of carbonyl (C=O) groups excluding carboxylic acids is 1. The molecule has 0 aliphatic carbocycles. The summed E-state index contributed by atoms with van der Waals surface area (Å²) in [5.41, 5.74) is 1.94. The van der Waals surface area contributed by atoms with Crippen LogP contribution < -0.4 is 16.7 Å². The molecule has 1 heterocycles. The van der Waals surface area contributed by atoms with Crippen molar-refractivity contribution in [2.45, 2.75) is 6.92 Å². The number of hydrogen-bond donors (Lipinski definition) is 3. The molecule has 136 valence electrons. The van der Waals surface area contributed by atoms with Gasteiger partial charge in [0.1, 0.15) is 5.56 Å². The second-order valence-corrected chi connectivity index (χ2v) is 5.68. The lowest BCUT2D eigenvalue weighted by molar-refractivity contribution is 0.0955. The van der Waals surface area contributed by atoms with E-state index in [-0.39, 0.29) is 5.56 Å². The van der Waals surface area contributed by atoms with Crippen LogP contribution in [0.15, 0.2) is 69.3 Å². The van der Waals surface area contributed by atoms with E-state index in [2.05, 4.69) is 15.5 Å². The Hall–Kier alpha value is -3.94. The average Bonchev–Trinajstić information content (AvgIpc) is 2.66. The number of H-pyrrole nitrogens is 1. The normalized spacial score (nSPS) is 10.9. The highest BCUT2D eigenvalue weighted by molar-refractivity contribution is 5.94. The van der Waals surface area contributed by atoms with Gasteiger partial charge in [0.15, 0.2) is 0 Å². The predicted octanol–water partition coefficient (Wildman–Crippen LogP) is 1.30. The summed E-state index contributed by atoms with van der Waals surface area (Å²) < 4.78 is 0.969. The highest BCUT2D eigenvalue weighted by Gasteiger charge is 2.15. The zero-order valence-corrected chi connectivity index (χ0v) is 14.3. The summed E-state index contributed by atoms with van der Waals surface area (Å²) in [4.78, 5) is 38.3. The van der Waals surface area contributed by atoms with Gasteiger partial charge in [-0.25, -0.2) is 14.8 Å². The maximum absolute atomic E-state index is 12.2. The van der Waals surface area contributed by atoms with Gasteiger partial charge in [0, 0.05) is 5.56 Å². The van der Waals surface area contributed by atoms with Crippen molar-refractivity contribution in [1.29, 1.82) is 0 Å². The Kier molecular flexibility index (Phi) is 4.98. The standard InChI is InChI=1S/C19H16N4O4/c1-12-7-5-6-10-15(12)23-18(26)14(17(25)21-19(23)27)11-20-22-16(24)13-8-3-2-4-9-13/h2-11,26H,1H3,(H,22,24)(H,21,25,27). The molecule has 1 amide bonds. The molecule has 1 aromatic heterocycles. The van der Waals surface area contributed by atoms with Crippen molar-refractivity contribution in [2.75, 3.05) is 0 Å². The van der Waals surface area contributed by atoms with E-state index in [1.165, 1.54) is 0 Å². The van der Waals surface area contributed by atoms with Gasteiger partial charge >= 0.3 is 5.69 Å². The highest BCUT2D eigenvalue weighted by Crippen LogP contribution is 2.18. The molecule has 0 unspecified atom stereocenters. The Labute approximate surface area is 153 Å². The maximum Gasteiger partial charge on any atom is 0.335 e. The van der Waals surface area contributed by atoms with Crippen LogP contribution in [0.2, 0.25) is 0 Å². The first kappa shape index (κ1) is 17.9. The molecule has 2 aromatic carbocycles. The largest absolute Gasteiger partial charge is 0.493 e. The maximum atomic E-state index is 12.2. The highest BCUT2D eigenvalue weighted by atomic mass is 16.3. The van der Waals surface area contributed by atoms with Crippen LogP contribution in [-0.4, -0.2) is 26.8 Å². The Bertz CT molecular complexity index is 1130. The summed E-state index contributed by atoms with van der Waals surface area (Å²) in [5, 5.41) is 14.2. The van der Waals surface area contributed by atoms with Crippen molar-refractivity contribution >= 4 is 12.1 Å². The monoisotopic (exact) mass is 364 g/mol. The molecule has 3 aromatic rings. The molecule has 8 heteroatoms. The van der Waals surface area contributed by atoms with Crippen molar-refractivity contribution < 1.29 is 9.90 Å². The minimum absolute atomic E-state index is 0.258. The van der Waals surface area contributed by atoms with Crippen molar-refractivity contribution in [3.8, 4) is 11.6 Å². The van der Waals surface area contributed by atoms with E-state index in [4.69, 9.17) is 0 Å². The van der Waals surface area contributed by atoms with E-state index in [1.54, 1.807) is 61.5 Å². The van der Waals surface area contributed by atoms with Crippen LogP contribution in [0, 0.1) is 6.92 Å². The minimum atomic E-state index is -0.819. The number of amides is 1. The lowest BCUT2D eigenvalue weighted by Gasteiger charge is -2.11. The SMILES string of the molecule is Cc1ccccc1-n1c(O)c(C=NNC(=O)c2ccccc2)c(=O)[nH]c1=O. The van der Waals surface area contributed by atoms with Crippen LogP contribution in [0.25, 0.3) is 5.69 Å². The number of aromatic hydroxyl groups is 1. The summed E-state index contributed by atoms with van der Waals surface area (Å²) >= 11 is 0. The molecule has 3 rings (SSSR count). The molecule has 0 atom stereocenters. The van der Waals surface area contributed by atoms with Gasteiger partial charge in [0.05, 0.1) is 11.9 Å². The van der Waals surface area contributed by atoms with Crippen LogP contribution in [-0.2, 0) is 0 Å². The molecule has 0 saturated heterocycles. The molecule has 27 heavy (non-hydrogen) atoms. The predicted molar refractivity (Wildman–Crippen MR) is 101 cm³/mol. The molecule has 0 aliphatic rings. The number of nitrogens with one attached hydrogen (secondary N) is 2. The summed E-state index contributed by atoms with van der Waals surface area (Å²) in [7, 11) is 0. The Morgan fingerprint density at radius 2 is 1.78 bits per heavy atom. The van der Waals surface area contributed by atoms with Crippen molar-refractivity contribution in [2.24, 2.45) is 5.10 Å². The fraction of sp³-hybridized carbons (Fsp3) is 0.0526. The molecule has 0 saturated carbocycles. The van der Waals surface area contributed by atoms with Gasteiger partial charge in [-0.05, 0) is 30.7 Å². The Balaban J connectivity index is 1.96. The van der Waals surface area contributed by atoms with Gasteiger partial charge in [0.2, 0.25) is 5.88 Å². The van der Waals surface area contributed by atoms with E-state index in [0.29, 0.717) is 11.3 Å². The zero-order chi connectivity index (χ0) is 19.4. The third kappa shape index (κ3) is 3.69. The van der Waals surface area contributed by atoms with E-state index < -0.39 is 23.0 Å². The molecular weight excluding hydrogens is 348 g/mol. The van der Waals surface area contributed by atoms with E-state index in [9.17, 15) is 19.5 Å². The van der Waals surface area contributed by atoms with E-state index in [0.717, 1.165) is 16.3 Å². The van der Waals surface area contributed by atoms with Gasteiger partial charge in [-0.3, -0.25) is 14.6 Å². The second kappa shape index (κ2) is 7.52. The number of carbonyl (C=O) groups is 1. The topological polar surface area (TPSA) is 117 Å². The molecule has 0 spiro atoms. The molecule has 3 N–H and O–H groups in total. The van der Waals surface area contributed by atoms with Gasteiger partial charge < -0.3 is 5.11 Å². The molecule has 0 bridgehead atoms. The fourth-order valence-electron chi connectivity index (χ4n) is 2.50. The van der Waals surface area contributed by atoms with Crippen LogP contribution in [0.1, 0.15) is 21.5 Å². The second-order valence-electron chi connectivity index (χ2n) is 5.68. The molecule has 0 radical (unpaired) electrons. The van der Waals surface area contributed by atoms with E-state index >= 15 is 0 Å². The van der Waals surface area contributed by atoms with Gasteiger partial charge in [-0.2, -0.15) is 5.10 Å². The third-order valence-corrected chi connectivity index (χ3v) is 3.87. The third-order valence-electron chi connectivity index (χ3n) is 3.87. The molecule has 8 nitrogen and oxygen atoms in total. The first-order chi connectivity index (χ1) is 13.0. The van der Waals surface area contributed by atoms with Crippen molar-refractivity contribution in [1.82, 2.24) is 15.0 Å². The molecule has 0 fully saturated rings. The lowest BCUT2D eigenvalue weighted by atomic mass is 10.2. The van der Waals surface area contributed by atoms with Crippen LogP contribution in [0.5, 0.6) is 5.88 Å². The summed E-state index contributed by atoms with van der Waals surface area (Å²) in [5.74, 6) is -1.05. The zero-order valence-electron chi connectivity index (χ0n) is 14.3. The minimum Gasteiger partial charge on any atom is -0.493 e. The van der Waals surface area contributed by atoms with Gasteiger partial charge in [0.25, 0.3) is 11.5 Å². The summed E-state index contributed by atoms with van der Waals surface area (Å²) in [6.45, 7) is 1.76. The van der Waals surface area contributed by atoms with Gasteiger partial charge in [-0.1, -0.05) is 36.4 Å². The number of para-hydroxylation sites is 1. The first-order valence-corrected chi connectivity index (χ1v) is 8.02. The summed E-state index contributed by atoms with van der Waals surface area (Å²) in [6, 6.07) is 15.3. The smallest absolute Gasteiger partial charge is 0.335 e. The van der Waals surface area contributed by atoms with E-state index in [1.807, 2.05) is 0 Å². The number of aryl methyl sites for hydroxylation is 1. The number of benzene rings is 2. The van der Waals surface area contributed by atoms with Crippen molar-refractivity contribution in [3.63, 3.8) is 0 Å². The van der Waals surface area contributed by atoms with Crippen LogP contribution in [0.4, 0.5) is 0 Å². The van der Waals surface area contributed by atoms with Crippen LogP contribution in [0.3, 0.4) is 0 Å². The number of nitrogens with zero attached hydrogens (tertiary/aromatic N) is 2. The van der Waals surface area contributed by atoms with Crippen molar-refractivity contribution in [3.05, 3.63) is 92.1 Å². The number of aromatic amines is 1. The fourth-order valence-corrected chi connectivity index (χ4v) is 2.50. The molecule has 0 aliphatic heterocycles. The first-order valence-electron chi connectivity index (χ1n) is 8.02.